The van der Waals surface area contributed by atoms with Gasteiger partial charge in [-0.2, -0.15) is 5.21 Å². The molecule has 0 saturated carbocycles. The summed E-state index contributed by atoms with van der Waals surface area (Å²) in [6, 6.07) is 15.8. The van der Waals surface area contributed by atoms with Crippen molar-refractivity contribution >= 4 is 16.6 Å². The molecule has 0 amide bonds. The van der Waals surface area contributed by atoms with Gasteiger partial charge in [-0.3, -0.25) is 9.36 Å². The number of H-pyrrole nitrogens is 1. The molecule has 0 radical (unpaired) electrons. The van der Waals surface area contributed by atoms with Crippen molar-refractivity contribution in [1.29, 1.82) is 0 Å². The molecular weight excluding hydrogens is 390 g/mol. The second-order valence-corrected chi connectivity index (χ2v) is 8.00. The molecule has 8 heteroatoms. The molecule has 0 aliphatic carbocycles. The van der Waals surface area contributed by atoms with Crippen molar-refractivity contribution in [2.24, 2.45) is 5.92 Å². The molecule has 1 fully saturated rings. The summed E-state index contributed by atoms with van der Waals surface area (Å²) in [4.78, 5) is 20.3. The lowest BCUT2D eigenvalue weighted by atomic mass is 9.95. The largest absolute Gasteiger partial charge is 0.371 e. The van der Waals surface area contributed by atoms with Crippen LogP contribution in [0.25, 0.3) is 22.3 Å². The number of nitrogens with one attached hydrogen (secondary N) is 1. The Morgan fingerprint density at radius 3 is 2.61 bits per heavy atom. The van der Waals surface area contributed by atoms with Crippen LogP contribution in [-0.4, -0.2) is 43.3 Å². The zero-order chi connectivity index (χ0) is 21.2. The van der Waals surface area contributed by atoms with Crippen LogP contribution >= 0.6 is 0 Å². The Morgan fingerprint density at radius 2 is 1.84 bits per heavy atom. The number of benzene rings is 2. The summed E-state index contributed by atoms with van der Waals surface area (Å²) in [7, 11) is 0. The van der Waals surface area contributed by atoms with Crippen LogP contribution in [0.4, 0.5) is 5.69 Å². The summed E-state index contributed by atoms with van der Waals surface area (Å²) in [5, 5.41) is 15.2. The first kappa shape index (κ1) is 19.4. The van der Waals surface area contributed by atoms with Crippen LogP contribution in [0.3, 0.4) is 0 Å². The van der Waals surface area contributed by atoms with Crippen LogP contribution in [0.5, 0.6) is 0 Å². The molecule has 1 aliphatic heterocycles. The molecule has 3 heterocycles. The topological polar surface area (TPSA) is 92.6 Å². The van der Waals surface area contributed by atoms with E-state index in [1.165, 1.54) is 0 Å². The molecule has 5 rings (SSSR count). The highest BCUT2D eigenvalue weighted by Gasteiger charge is 2.24. The lowest BCUT2D eigenvalue weighted by Crippen LogP contribution is -2.37. The van der Waals surface area contributed by atoms with E-state index in [0.717, 1.165) is 61.5 Å². The van der Waals surface area contributed by atoms with Crippen molar-refractivity contribution < 1.29 is 0 Å². The summed E-state index contributed by atoms with van der Waals surface area (Å²) in [5.41, 5.74) is 2.97. The Morgan fingerprint density at radius 1 is 1.06 bits per heavy atom. The predicted molar refractivity (Wildman–Crippen MR) is 120 cm³/mol. The van der Waals surface area contributed by atoms with Gasteiger partial charge < -0.3 is 4.90 Å². The van der Waals surface area contributed by atoms with Gasteiger partial charge in [-0.1, -0.05) is 31.2 Å². The first-order valence-electron chi connectivity index (χ1n) is 10.8. The van der Waals surface area contributed by atoms with E-state index in [1.54, 1.807) is 0 Å². The summed E-state index contributed by atoms with van der Waals surface area (Å²) in [6.45, 7) is 4.64. The normalized spacial score (nSPS) is 14.9. The smallest absolute Gasteiger partial charge is 0.261 e. The van der Waals surface area contributed by atoms with E-state index in [9.17, 15) is 4.79 Å². The second-order valence-electron chi connectivity index (χ2n) is 8.00. The number of aryl methyl sites for hydroxylation is 1. The Labute approximate surface area is 179 Å². The SMILES string of the molecule is CCc1nc2ccccc2c(=O)n1CC1CCN(c2ccccc2-c2nn[nH]n2)CC1. The second kappa shape index (κ2) is 8.29. The highest BCUT2D eigenvalue weighted by molar-refractivity contribution is 5.77. The standard InChI is InChI=1S/C23H25N7O/c1-2-21-24-19-9-5-3-7-17(19)23(31)30(21)15-16-11-13-29(14-12-16)20-10-6-4-8-18(20)22-25-27-28-26-22/h3-10,16H,2,11-15H2,1H3,(H,25,26,27,28). The van der Waals surface area contributed by atoms with Crippen molar-refractivity contribution in [3.8, 4) is 11.4 Å². The maximum atomic E-state index is 13.1. The Balaban J connectivity index is 1.35. The molecule has 4 aromatic rings. The molecule has 8 nitrogen and oxygen atoms in total. The first-order valence-corrected chi connectivity index (χ1v) is 10.8. The number of nitrogens with zero attached hydrogens (tertiary/aromatic N) is 6. The minimum atomic E-state index is 0.0762. The van der Waals surface area contributed by atoms with E-state index >= 15 is 0 Å². The molecule has 0 bridgehead atoms. The predicted octanol–water partition coefficient (Wildman–Crippen LogP) is 3.06. The van der Waals surface area contributed by atoms with E-state index in [1.807, 2.05) is 47.0 Å². The molecule has 2 aromatic carbocycles. The van der Waals surface area contributed by atoms with E-state index < -0.39 is 0 Å². The van der Waals surface area contributed by atoms with Crippen LogP contribution in [0.15, 0.2) is 53.3 Å². The maximum absolute atomic E-state index is 13.1. The van der Waals surface area contributed by atoms with Gasteiger partial charge in [0.2, 0.25) is 5.82 Å². The van der Waals surface area contributed by atoms with Crippen molar-refractivity contribution in [2.45, 2.75) is 32.7 Å². The van der Waals surface area contributed by atoms with Gasteiger partial charge in [-0.15, -0.1) is 10.2 Å². The number of aromatic amines is 1. The van der Waals surface area contributed by atoms with Gasteiger partial charge >= 0.3 is 0 Å². The molecule has 1 saturated heterocycles. The highest BCUT2D eigenvalue weighted by atomic mass is 16.1. The number of aromatic nitrogens is 6. The molecule has 31 heavy (non-hydrogen) atoms. The zero-order valence-electron chi connectivity index (χ0n) is 17.5. The fourth-order valence-electron chi connectivity index (χ4n) is 4.50. The minimum Gasteiger partial charge on any atom is -0.371 e. The third kappa shape index (κ3) is 3.69. The molecule has 1 N–H and O–H groups in total. The van der Waals surface area contributed by atoms with Crippen LogP contribution in [0.1, 0.15) is 25.6 Å². The quantitative estimate of drug-likeness (QED) is 0.539. The highest BCUT2D eigenvalue weighted by Crippen LogP contribution is 2.31. The van der Waals surface area contributed by atoms with Crippen LogP contribution in [0.2, 0.25) is 0 Å². The number of tetrazole rings is 1. The first-order chi connectivity index (χ1) is 15.2. The van der Waals surface area contributed by atoms with Crippen LogP contribution in [0, 0.1) is 5.92 Å². The Bertz CT molecular complexity index is 1240. The summed E-state index contributed by atoms with van der Waals surface area (Å²) in [5.74, 6) is 1.92. The lowest BCUT2D eigenvalue weighted by molar-refractivity contribution is 0.347. The van der Waals surface area contributed by atoms with Gasteiger partial charge in [0, 0.05) is 37.3 Å². The maximum Gasteiger partial charge on any atom is 0.261 e. The van der Waals surface area contributed by atoms with Crippen molar-refractivity contribution in [3.63, 3.8) is 0 Å². The third-order valence-electron chi connectivity index (χ3n) is 6.14. The Hall–Kier alpha value is -3.55. The van der Waals surface area contributed by atoms with Crippen LogP contribution < -0.4 is 10.5 Å². The van der Waals surface area contributed by atoms with Crippen LogP contribution in [-0.2, 0) is 13.0 Å². The van der Waals surface area contributed by atoms with Gasteiger partial charge in [0.05, 0.1) is 10.9 Å². The fourth-order valence-corrected chi connectivity index (χ4v) is 4.50. The number of anilines is 1. The van der Waals surface area contributed by atoms with Gasteiger partial charge in [-0.05, 0) is 48.2 Å². The zero-order valence-corrected chi connectivity index (χ0v) is 17.5. The molecule has 0 spiro atoms. The minimum absolute atomic E-state index is 0.0762. The third-order valence-corrected chi connectivity index (χ3v) is 6.14. The average Bonchev–Trinajstić information content (AvgIpc) is 3.36. The van der Waals surface area contributed by atoms with Crippen molar-refractivity contribution in [2.75, 3.05) is 18.0 Å². The van der Waals surface area contributed by atoms with E-state index in [0.29, 0.717) is 17.1 Å². The summed E-state index contributed by atoms with van der Waals surface area (Å²) < 4.78 is 1.90. The van der Waals surface area contributed by atoms with Gasteiger partial charge in [-0.25, -0.2) is 4.98 Å². The summed E-state index contributed by atoms with van der Waals surface area (Å²) in [6.07, 6.45) is 2.78. The van der Waals surface area contributed by atoms with Gasteiger partial charge in [0.1, 0.15) is 5.82 Å². The number of para-hydroxylation sites is 2. The van der Waals surface area contributed by atoms with E-state index in [2.05, 4.69) is 38.5 Å². The van der Waals surface area contributed by atoms with Crippen molar-refractivity contribution in [3.05, 3.63) is 64.7 Å². The van der Waals surface area contributed by atoms with Crippen molar-refractivity contribution in [1.82, 2.24) is 30.2 Å². The number of piperidine rings is 1. The van der Waals surface area contributed by atoms with Gasteiger partial charge in [0.15, 0.2) is 0 Å². The van der Waals surface area contributed by atoms with Gasteiger partial charge in [0.25, 0.3) is 5.56 Å². The fraction of sp³-hybridized carbons (Fsp3) is 0.348. The lowest BCUT2D eigenvalue weighted by Gasteiger charge is -2.35. The van der Waals surface area contributed by atoms with E-state index in [-0.39, 0.29) is 5.56 Å². The Kier molecular flexibility index (Phi) is 5.19. The number of rotatable bonds is 5. The molecule has 2 aromatic heterocycles. The monoisotopic (exact) mass is 415 g/mol. The van der Waals surface area contributed by atoms with E-state index in [4.69, 9.17) is 4.98 Å². The average molecular weight is 416 g/mol. The number of hydrogen-bond donors (Lipinski definition) is 1. The molecule has 0 unspecified atom stereocenters. The molecular formula is C23H25N7O. The molecule has 158 valence electrons. The molecule has 1 aliphatic rings. The summed E-state index contributed by atoms with van der Waals surface area (Å²) >= 11 is 0. The number of hydrogen-bond acceptors (Lipinski definition) is 6. The number of fused-ring (bicyclic) bond motifs is 1. The molecule has 0 atom stereocenters.